The van der Waals surface area contributed by atoms with Crippen molar-refractivity contribution < 1.29 is 8.78 Å². The first-order chi connectivity index (χ1) is 13.9. The lowest BCUT2D eigenvalue weighted by atomic mass is 9.90. The highest BCUT2D eigenvalue weighted by Gasteiger charge is 2.23. The number of nitrogens with zero attached hydrogens (tertiary/aromatic N) is 4. The molecule has 3 aromatic heterocycles. The molecule has 1 aliphatic rings. The van der Waals surface area contributed by atoms with Gasteiger partial charge in [-0.3, -0.25) is 9.98 Å². The molecular formula is C22H25F2N5. The third-order valence-electron chi connectivity index (χ3n) is 5.36. The first-order valence-corrected chi connectivity index (χ1v) is 10.1. The zero-order chi connectivity index (χ0) is 20.5. The molecule has 4 rings (SSSR count). The summed E-state index contributed by atoms with van der Waals surface area (Å²) in [4.78, 5) is 21.8. The number of hydrogen-bond donors (Lipinski definition) is 1. The Kier molecular flexibility index (Phi) is 5.39. The highest BCUT2D eigenvalue weighted by molar-refractivity contribution is 5.93. The molecule has 1 aliphatic heterocycles. The Morgan fingerprint density at radius 1 is 1.21 bits per heavy atom. The van der Waals surface area contributed by atoms with Crippen LogP contribution in [0.4, 0.5) is 14.5 Å². The number of fused-ring (bicyclic) bond motifs is 2. The number of alkyl halides is 2. The van der Waals surface area contributed by atoms with E-state index in [-0.39, 0.29) is 12.3 Å². The zero-order valence-electron chi connectivity index (χ0n) is 16.9. The molecule has 29 heavy (non-hydrogen) atoms. The summed E-state index contributed by atoms with van der Waals surface area (Å²) in [6, 6.07) is 3.90. The maximum absolute atomic E-state index is 12.6. The van der Waals surface area contributed by atoms with E-state index in [1.54, 1.807) is 0 Å². The van der Waals surface area contributed by atoms with Gasteiger partial charge in [0.1, 0.15) is 11.5 Å². The Bertz CT molecular complexity index is 1050. The highest BCUT2D eigenvalue weighted by atomic mass is 19.3. The number of hydrogen-bond acceptors (Lipinski definition) is 4. The number of rotatable bonds is 6. The lowest BCUT2D eigenvalue weighted by Gasteiger charge is -2.22. The smallest absolute Gasteiger partial charge is 0.238 e. The molecule has 1 N–H and O–H groups in total. The van der Waals surface area contributed by atoms with Crippen molar-refractivity contribution in [3.05, 3.63) is 36.0 Å². The molecule has 1 atom stereocenters. The summed E-state index contributed by atoms with van der Waals surface area (Å²) < 4.78 is 25.3. The Labute approximate surface area is 168 Å². The molecule has 0 saturated carbocycles. The van der Waals surface area contributed by atoms with Gasteiger partial charge >= 0.3 is 0 Å². The largest absolute Gasteiger partial charge is 0.345 e. The van der Waals surface area contributed by atoms with Gasteiger partial charge in [0.2, 0.25) is 6.43 Å². The number of nitrogens with one attached hydrogen (secondary N) is 1. The molecular weight excluding hydrogens is 372 g/mol. The first-order valence-electron chi connectivity index (χ1n) is 10.1. The fourth-order valence-electron chi connectivity index (χ4n) is 3.82. The number of halogens is 2. The van der Waals surface area contributed by atoms with Crippen molar-refractivity contribution in [2.45, 2.75) is 52.9 Å². The number of aromatic nitrogens is 4. The quantitative estimate of drug-likeness (QED) is 0.595. The topological polar surface area (TPSA) is 66.8 Å². The molecule has 0 bridgehead atoms. The van der Waals surface area contributed by atoms with Crippen molar-refractivity contribution in [2.24, 2.45) is 16.8 Å². The predicted molar refractivity (Wildman–Crippen MR) is 111 cm³/mol. The van der Waals surface area contributed by atoms with Crippen LogP contribution in [0, 0.1) is 11.8 Å². The molecule has 3 aromatic rings. The Hall–Kier alpha value is -2.70. The van der Waals surface area contributed by atoms with Crippen molar-refractivity contribution in [3.63, 3.8) is 0 Å². The van der Waals surface area contributed by atoms with Crippen molar-refractivity contribution >= 4 is 22.4 Å². The maximum Gasteiger partial charge on any atom is 0.238 e. The fraction of sp³-hybridized carbons (Fsp3) is 0.455. The van der Waals surface area contributed by atoms with Gasteiger partial charge in [-0.15, -0.1) is 0 Å². The normalized spacial score (nSPS) is 16.5. The molecule has 0 amide bonds. The lowest BCUT2D eigenvalue weighted by Crippen LogP contribution is -2.19. The van der Waals surface area contributed by atoms with Gasteiger partial charge in [-0.2, -0.15) is 0 Å². The minimum atomic E-state index is -2.28. The average Bonchev–Trinajstić information content (AvgIpc) is 3.08. The summed E-state index contributed by atoms with van der Waals surface area (Å²) in [5.74, 6) is 1.33. The van der Waals surface area contributed by atoms with Gasteiger partial charge in [0, 0.05) is 47.8 Å². The minimum absolute atomic E-state index is 0.0177. The molecule has 0 aromatic carbocycles. The van der Waals surface area contributed by atoms with Crippen molar-refractivity contribution in [2.75, 3.05) is 0 Å². The summed E-state index contributed by atoms with van der Waals surface area (Å²) >= 11 is 0. The maximum atomic E-state index is 12.6. The van der Waals surface area contributed by atoms with Crippen LogP contribution in [0.2, 0.25) is 0 Å². The average molecular weight is 397 g/mol. The number of aromatic amines is 1. The summed E-state index contributed by atoms with van der Waals surface area (Å²) in [7, 11) is 0. The van der Waals surface area contributed by atoms with E-state index >= 15 is 0 Å². The van der Waals surface area contributed by atoms with Gasteiger partial charge in [-0.05, 0) is 37.8 Å². The van der Waals surface area contributed by atoms with Gasteiger partial charge in [0.25, 0.3) is 0 Å². The van der Waals surface area contributed by atoms with Crippen LogP contribution in [0.25, 0.3) is 22.3 Å². The van der Waals surface area contributed by atoms with Gasteiger partial charge in [0.05, 0.1) is 17.1 Å². The molecule has 7 heteroatoms. The van der Waals surface area contributed by atoms with Crippen LogP contribution in [-0.4, -0.2) is 32.1 Å². The number of pyridine rings is 1. The molecule has 0 fully saturated rings. The third-order valence-corrected chi connectivity index (χ3v) is 5.36. The van der Waals surface area contributed by atoms with Crippen LogP contribution in [0.3, 0.4) is 0 Å². The third kappa shape index (κ3) is 4.18. The van der Waals surface area contributed by atoms with E-state index in [1.165, 1.54) is 0 Å². The van der Waals surface area contributed by atoms with Crippen molar-refractivity contribution in [1.29, 1.82) is 0 Å². The van der Waals surface area contributed by atoms with E-state index in [1.807, 2.05) is 31.5 Å². The number of aliphatic imine (C=N–C) groups is 1. The Morgan fingerprint density at radius 2 is 2.03 bits per heavy atom. The van der Waals surface area contributed by atoms with E-state index in [0.29, 0.717) is 18.8 Å². The van der Waals surface area contributed by atoms with Gasteiger partial charge < -0.3 is 4.98 Å². The molecule has 0 spiro atoms. The van der Waals surface area contributed by atoms with Gasteiger partial charge in [-0.1, -0.05) is 13.8 Å². The highest BCUT2D eigenvalue weighted by Crippen LogP contribution is 2.34. The van der Waals surface area contributed by atoms with Crippen LogP contribution < -0.4 is 0 Å². The van der Waals surface area contributed by atoms with Crippen LogP contribution in [-0.2, 0) is 12.8 Å². The SMILES string of the molecule is CC1=Nc2ccc(-c3c[nH]c4nc(CC(C)C)ncc34)nc2CC1CCC(F)F. The van der Waals surface area contributed by atoms with Crippen molar-refractivity contribution in [3.8, 4) is 11.3 Å². The molecule has 1 unspecified atom stereocenters. The standard InChI is InChI=1S/C22H25F2N5/c1-12(2)8-21-25-11-16-15(10-26-22(16)29-21)17-5-6-18-19(28-17)9-14(13(3)27-18)4-7-20(23)24/h5-6,10-12,14,20H,4,7-9H2,1-3H3,(H,25,26,29). The monoisotopic (exact) mass is 397 g/mol. The molecule has 0 aliphatic carbocycles. The van der Waals surface area contributed by atoms with E-state index in [9.17, 15) is 8.78 Å². The van der Waals surface area contributed by atoms with E-state index in [4.69, 9.17) is 4.98 Å². The second-order valence-electron chi connectivity index (χ2n) is 8.13. The summed E-state index contributed by atoms with van der Waals surface area (Å²) in [6.07, 6.45) is 3.26. The second-order valence-corrected chi connectivity index (χ2v) is 8.13. The zero-order valence-corrected chi connectivity index (χ0v) is 16.9. The first kappa shape index (κ1) is 19.6. The lowest BCUT2D eigenvalue weighted by molar-refractivity contribution is 0.131. The summed E-state index contributed by atoms with van der Waals surface area (Å²) in [5, 5.41) is 0.926. The molecule has 5 nitrogen and oxygen atoms in total. The van der Waals surface area contributed by atoms with Crippen LogP contribution in [0.15, 0.2) is 29.5 Å². The molecule has 0 radical (unpaired) electrons. The predicted octanol–water partition coefficient (Wildman–Crippen LogP) is 5.53. The van der Waals surface area contributed by atoms with Crippen LogP contribution in [0.1, 0.15) is 45.1 Å². The Balaban J connectivity index is 1.63. The van der Waals surface area contributed by atoms with E-state index < -0.39 is 6.43 Å². The van der Waals surface area contributed by atoms with Crippen molar-refractivity contribution in [1.82, 2.24) is 19.9 Å². The van der Waals surface area contributed by atoms with Crippen LogP contribution in [0.5, 0.6) is 0 Å². The molecule has 0 saturated heterocycles. The minimum Gasteiger partial charge on any atom is -0.345 e. The Morgan fingerprint density at radius 3 is 2.79 bits per heavy atom. The summed E-state index contributed by atoms with van der Waals surface area (Å²) in [5.41, 5.74) is 5.15. The molecule has 4 heterocycles. The number of H-pyrrole nitrogens is 1. The van der Waals surface area contributed by atoms with E-state index in [2.05, 4.69) is 33.8 Å². The summed E-state index contributed by atoms with van der Waals surface area (Å²) in [6.45, 7) is 6.20. The van der Waals surface area contributed by atoms with E-state index in [0.717, 1.165) is 51.6 Å². The van der Waals surface area contributed by atoms with Gasteiger partial charge in [0.15, 0.2) is 0 Å². The van der Waals surface area contributed by atoms with Gasteiger partial charge in [-0.25, -0.2) is 18.7 Å². The second kappa shape index (κ2) is 7.97. The molecule has 152 valence electrons. The fourth-order valence-corrected chi connectivity index (χ4v) is 3.82. The van der Waals surface area contributed by atoms with Crippen LogP contribution >= 0.6 is 0 Å².